The van der Waals surface area contributed by atoms with Crippen LogP contribution in [-0.4, -0.2) is 23.8 Å². The second kappa shape index (κ2) is 11.2. The van der Waals surface area contributed by atoms with Gasteiger partial charge in [-0.2, -0.15) is 0 Å². The molecule has 1 aromatic carbocycles. The minimum Gasteiger partial charge on any atom is -0.459 e. The van der Waals surface area contributed by atoms with Crippen LogP contribution in [0, 0.1) is 0 Å². The van der Waals surface area contributed by atoms with Crippen LogP contribution in [0.3, 0.4) is 0 Å². The van der Waals surface area contributed by atoms with Gasteiger partial charge in [0.15, 0.2) is 0 Å². The maximum atomic E-state index is 12.2. The predicted molar refractivity (Wildman–Crippen MR) is 90.7 cm³/mol. The predicted octanol–water partition coefficient (Wildman–Crippen LogP) is 2.06. The highest BCUT2D eigenvalue weighted by molar-refractivity contribution is 5.85. The molecule has 6 nitrogen and oxygen atoms in total. The van der Waals surface area contributed by atoms with E-state index in [0.29, 0.717) is 6.42 Å². The van der Waals surface area contributed by atoms with E-state index < -0.39 is 17.9 Å². The number of carbonyl (C=O) groups excluding carboxylic acids is 3. The molecule has 0 aromatic heterocycles. The van der Waals surface area contributed by atoms with Gasteiger partial charge in [-0.15, -0.1) is 0 Å². The fraction of sp³-hybridized carbons (Fsp3) is 0.500. The van der Waals surface area contributed by atoms with Crippen molar-refractivity contribution in [3.8, 4) is 0 Å². The molecule has 0 aliphatic rings. The van der Waals surface area contributed by atoms with Crippen molar-refractivity contribution < 1.29 is 19.1 Å². The van der Waals surface area contributed by atoms with Gasteiger partial charge >= 0.3 is 5.97 Å². The first-order valence-electron chi connectivity index (χ1n) is 8.31. The number of unbranched alkanes of at least 4 members (excludes halogenated alkanes) is 2. The Morgan fingerprint density at radius 2 is 1.83 bits per heavy atom. The van der Waals surface area contributed by atoms with E-state index >= 15 is 0 Å². The largest absolute Gasteiger partial charge is 0.459 e. The minimum absolute atomic E-state index is 0.0142. The molecule has 0 heterocycles. The topological polar surface area (TPSA) is 98.5 Å². The Hall–Kier alpha value is -2.37. The van der Waals surface area contributed by atoms with Crippen molar-refractivity contribution in [2.75, 3.05) is 0 Å². The lowest BCUT2D eigenvalue weighted by Crippen LogP contribution is -2.42. The van der Waals surface area contributed by atoms with Crippen molar-refractivity contribution in [1.29, 1.82) is 0 Å². The van der Waals surface area contributed by atoms with Crippen molar-refractivity contribution in [3.05, 3.63) is 35.9 Å². The molecule has 1 aromatic rings. The molecule has 1 rings (SSSR count). The summed E-state index contributed by atoms with van der Waals surface area (Å²) in [4.78, 5) is 35.1. The second-order valence-corrected chi connectivity index (χ2v) is 5.68. The highest BCUT2D eigenvalue weighted by Crippen LogP contribution is 2.06. The Balaban J connectivity index is 2.54. The number of esters is 1. The summed E-state index contributed by atoms with van der Waals surface area (Å²) in [7, 11) is 0. The lowest BCUT2D eigenvalue weighted by Gasteiger charge is -2.17. The monoisotopic (exact) mass is 334 g/mol. The van der Waals surface area contributed by atoms with Gasteiger partial charge in [0.05, 0.1) is 0 Å². The normalized spacial score (nSPS) is 11.5. The minimum atomic E-state index is -0.852. The zero-order chi connectivity index (χ0) is 17.8. The van der Waals surface area contributed by atoms with Gasteiger partial charge in [-0.1, -0.05) is 50.1 Å². The van der Waals surface area contributed by atoms with Gasteiger partial charge in [0.1, 0.15) is 12.6 Å². The lowest BCUT2D eigenvalue weighted by atomic mass is 10.1. The average Bonchev–Trinajstić information content (AvgIpc) is 2.57. The van der Waals surface area contributed by atoms with Crippen molar-refractivity contribution >= 4 is 17.8 Å². The molecular formula is C18H26N2O4. The van der Waals surface area contributed by atoms with Crippen molar-refractivity contribution in [1.82, 2.24) is 5.32 Å². The number of rotatable bonds is 11. The third kappa shape index (κ3) is 8.31. The quantitative estimate of drug-likeness (QED) is 0.478. The van der Waals surface area contributed by atoms with E-state index in [1.807, 2.05) is 30.3 Å². The van der Waals surface area contributed by atoms with Gasteiger partial charge < -0.3 is 15.8 Å². The highest BCUT2D eigenvalue weighted by atomic mass is 16.5. The molecule has 6 heteroatoms. The first kappa shape index (κ1) is 19.7. The molecule has 2 amide bonds. The van der Waals surface area contributed by atoms with E-state index in [0.717, 1.165) is 24.8 Å². The van der Waals surface area contributed by atoms with Crippen LogP contribution in [-0.2, 0) is 25.7 Å². The Bertz CT molecular complexity index is 531. The van der Waals surface area contributed by atoms with E-state index in [-0.39, 0.29) is 25.4 Å². The summed E-state index contributed by atoms with van der Waals surface area (Å²) in [5, 5.41) is 2.65. The van der Waals surface area contributed by atoms with Gasteiger partial charge in [-0.25, -0.2) is 4.79 Å². The molecule has 1 unspecified atom stereocenters. The summed E-state index contributed by atoms with van der Waals surface area (Å²) in [6.07, 6.45) is 3.24. The third-order valence-corrected chi connectivity index (χ3v) is 3.53. The molecule has 0 aliphatic heterocycles. The van der Waals surface area contributed by atoms with Crippen LogP contribution in [0.2, 0.25) is 0 Å². The Morgan fingerprint density at radius 3 is 2.46 bits per heavy atom. The molecule has 0 bridgehead atoms. The standard InChI is InChI=1S/C18H26N2O4/c1-2-3-5-10-17(22)20-15(11-12-16(19)21)18(23)24-13-14-8-6-4-7-9-14/h4,6-9,15H,2-3,5,10-13H2,1H3,(H2,19,21)(H,20,22). The third-order valence-electron chi connectivity index (χ3n) is 3.53. The number of hydrogen-bond acceptors (Lipinski definition) is 4. The van der Waals surface area contributed by atoms with E-state index in [4.69, 9.17) is 10.5 Å². The van der Waals surface area contributed by atoms with Crippen LogP contribution in [0.5, 0.6) is 0 Å². The summed E-state index contributed by atoms with van der Waals surface area (Å²) in [6, 6.07) is 8.41. The van der Waals surface area contributed by atoms with Crippen LogP contribution in [0.4, 0.5) is 0 Å². The van der Waals surface area contributed by atoms with Crippen LogP contribution in [0.1, 0.15) is 51.0 Å². The fourth-order valence-corrected chi connectivity index (χ4v) is 2.17. The molecule has 1 atom stereocenters. The fourth-order valence-electron chi connectivity index (χ4n) is 2.17. The van der Waals surface area contributed by atoms with Gasteiger partial charge in [0.25, 0.3) is 0 Å². The van der Waals surface area contributed by atoms with Crippen LogP contribution in [0.25, 0.3) is 0 Å². The number of hydrogen-bond donors (Lipinski definition) is 2. The zero-order valence-electron chi connectivity index (χ0n) is 14.1. The van der Waals surface area contributed by atoms with Gasteiger partial charge in [0, 0.05) is 12.8 Å². The van der Waals surface area contributed by atoms with E-state index in [1.165, 1.54) is 0 Å². The molecule has 24 heavy (non-hydrogen) atoms. The molecule has 132 valence electrons. The number of nitrogens with two attached hydrogens (primary N) is 1. The number of primary amides is 1. The maximum absolute atomic E-state index is 12.2. The van der Waals surface area contributed by atoms with Gasteiger partial charge in [-0.05, 0) is 18.4 Å². The number of amides is 2. The maximum Gasteiger partial charge on any atom is 0.328 e. The highest BCUT2D eigenvalue weighted by Gasteiger charge is 2.22. The Morgan fingerprint density at radius 1 is 1.12 bits per heavy atom. The summed E-state index contributed by atoms with van der Waals surface area (Å²) in [5.74, 6) is -1.28. The molecule has 0 saturated carbocycles. The van der Waals surface area contributed by atoms with E-state index in [9.17, 15) is 14.4 Å². The molecule has 0 aliphatic carbocycles. The van der Waals surface area contributed by atoms with Crippen molar-refractivity contribution in [3.63, 3.8) is 0 Å². The Labute approximate surface area is 142 Å². The molecule has 3 N–H and O–H groups in total. The number of benzene rings is 1. The second-order valence-electron chi connectivity index (χ2n) is 5.68. The SMILES string of the molecule is CCCCCC(=O)NC(CCC(N)=O)C(=O)OCc1ccccc1. The van der Waals surface area contributed by atoms with Crippen LogP contribution < -0.4 is 11.1 Å². The number of nitrogens with one attached hydrogen (secondary N) is 1. The van der Waals surface area contributed by atoms with Crippen molar-refractivity contribution in [2.45, 2.75) is 58.1 Å². The van der Waals surface area contributed by atoms with Gasteiger partial charge in [0.2, 0.25) is 11.8 Å². The van der Waals surface area contributed by atoms with Crippen molar-refractivity contribution in [2.24, 2.45) is 5.73 Å². The summed E-state index contributed by atoms with van der Waals surface area (Å²) in [5.41, 5.74) is 5.99. The number of ether oxygens (including phenoxy) is 1. The molecule has 0 saturated heterocycles. The number of carbonyl (C=O) groups is 3. The van der Waals surface area contributed by atoms with Crippen LogP contribution in [0.15, 0.2) is 30.3 Å². The molecule has 0 radical (unpaired) electrons. The summed E-state index contributed by atoms with van der Waals surface area (Å²) < 4.78 is 5.24. The smallest absolute Gasteiger partial charge is 0.328 e. The first-order chi connectivity index (χ1) is 11.5. The summed E-state index contributed by atoms with van der Waals surface area (Å²) >= 11 is 0. The average molecular weight is 334 g/mol. The molecular weight excluding hydrogens is 308 g/mol. The zero-order valence-corrected chi connectivity index (χ0v) is 14.1. The molecule has 0 fully saturated rings. The lowest BCUT2D eigenvalue weighted by molar-refractivity contribution is -0.149. The van der Waals surface area contributed by atoms with E-state index in [1.54, 1.807) is 0 Å². The van der Waals surface area contributed by atoms with Crippen LogP contribution >= 0.6 is 0 Å². The summed E-state index contributed by atoms with van der Waals surface area (Å²) in [6.45, 7) is 2.17. The van der Waals surface area contributed by atoms with E-state index in [2.05, 4.69) is 12.2 Å². The molecule has 0 spiro atoms. The first-order valence-corrected chi connectivity index (χ1v) is 8.31. The Kier molecular flexibility index (Phi) is 9.19. The van der Waals surface area contributed by atoms with Gasteiger partial charge in [-0.3, -0.25) is 9.59 Å².